The summed E-state index contributed by atoms with van der Waals surface area (Å²) in [5.74, 6) is 0. The third-order valence-electron chi connectivity index (χ3n) is 12.4. The molecule has 11 rings (SSSR count). The van der Waals surface area contributed by atoms with E-state index >= 15 is 0 Å². The van der Waals surface area contributed by atoms with Gasteiger partial charge >= 0.3 is 0 Å². The molecule has 0 atom stereocenters. The summed E-state index contributed by atoms with van der Waals surface area (Å²) >= 11 is 0. The Balaban J connectivity index is 1.21. The van der Waals surface area contributed by atoms with E-state index < -0.39 is 0 Å². The van der Waals surface area contributed by atoms with Crippen molar-refractivity contribution in [3.05, 3.63) is 230 Å². The normalized spacial score (nSPS) is 12.7. The lowest BCUT2D eigenvalue weighted by atomic mass is 9.81. The lowest BCUT2D eigenvalue weighted by Crippen LogP contribution is -2.15. The highest BCUT2D eigenvalue weighted by Crippen LogP contribution is 2.52. The molecule has 9 aromatic carbocycles. The first-order chi connectivity index (χ1) is 29.1. The monoisotopic (exact) mass is 754 g/mol. The second kappa shape index (κ2) is 13.9. The Labute approximate surface area is 345 Å². The Morgan fingerprint density at radius 1 is 0.390 bits per heavy atom. The van der Waals surface area contributed by atoms with Gasteiger partial charge in [-0.05, 0) is 98.6 Å². The van der Waals surface area contributed by atoms with Gasteiger partial charge < -0.3 is 9.47 Å². The maximum absolute atomic E-state index is 2.49. The van der Waals surface area contributed by atoms with Crippen LogP contribution in [0.15, 0.2) is 218 Å². The average Bonchev–Trinajstić information content (AvgIpc) is 3.76. The van der Waals surface area contributed by atoms with Crippen LogP contribution in [0.5, 0.6) is 0 Å². The molecule has 0 N–H and O–H groups in total. The number of rotatable bonds is 7. The van der Waals surface area contributed by atoms with Gasteiger partial charge in [-0.15, -0.1) is 0 Å². The van der Waals surface area contributed by atoms with Crippen molar-refractivity contribution in [3.63, 3.8) is 0 Å². The SMILES string of the molecule is CC1(C)c2ccccc2-c2ccc(-c3cccc(N(c4ccc(-c5ccccc5)cc4)c4cccc5c6ccccc6n(-c6ccccc6)c45)c3-c3ccccc3)cc21. The van der Waals surface area contributed by atoms with E-state index in [1.54, 1.807) is 0 Å². The molecule has 10 aromatic rings. The molecule has 0 spiro atoms. The fourth-order valence-corrected chi connectivity index (χ4v) is 9.61. The van der Waals surface area contributed by atoms with E-state index in [4.69, 9.17) is 0 Å². The minimum absolute atomic E-state index is 0.112. The van der Waals surface area contributed by atoms with Crippen LogP contribution >= 0.6 is 0 Å². The van der Waals surface area contributed by atoms with Crippen LogP contribution < -0.4 is 4.90 Å². The van der Waals surface area contributed by atoms with Gasteiger partial charge in [-0.25, -0.2) is 0 Å². The Morgan fingerprint density at radius 3 is 1.73 bits per heavy atom. The van der Waals surface area contributed by atoms with E-state index in [2.05, 4.69) is 242 Å². The molecule has 0 aliphatic heterocycles. The molecule has 280 valence electrons. The van der Waals surface area contributed by atoms with Crippen molar-refractivity contribution in [3.8, 4) is 50.2 Å². The van der Waals surface area contributed by atoms with Crippen molar-refractivity contribution in [1.82, 2.24) is 4.57 Å². The highest BCUT2D eigenvalue weighted by molar-refractivity contribution is 6.15. The number of hydrogen-bond donors (Lipinski definition) is 0. The number of anilines is 3. The molecular formula is C57H42N2. The predicted octanol–water partition coefficient (Wildman–Crippen LogP) is 15.6. The summed E-state index contributed by atoms with van der Waals surface area (Å²) in [6.45, 7) is 4.73. The Morgan fingerprint density at radius 2 is 0.949 bits per heavy atom. The molecule has 0 unspecified atom stereocenters. The molecule has 0 amide bonds. The number of fused-ring (bicyclic) bond motifs is 6. The van der Waals surface area contributed by atoms with Gasteiger partial charge in [0.15, 0.2) is 0 Å². The second-order valence-corrected chi connectivity index (χ2v) is 16.1. The van der Waals surface area contributed by atoms with E-state index in [1.165, 1.54) is 71.9 Å². The number of aromatic nitrogens is 1. The second-order valence-electron chi connectivity index (χ2n) is 16.1. The zero-order valence-electron chi connectivity index (χ0n) is 33.2. The summed E-state index contributed by atoms with van der Waals surface area (Å²) in [6, 6.07) is 79.9. The van der Waals surface area contributed by atoms with E-state index in [0.29, 0.717) is 0 Å². The number of benzene rings is 9. The molecule has 0 radical (unpaired) electrons. The molecule has 1 aromatic heterocycles. The van der Waals surface area contributed by atoms with Crippen molar-refractivity contribution in [2.45, 2.75) is 19.3 Å². The van der Waals surface area contributed by atoms with E-state index in [9.17, 15) is 0 Å². The zero-order chi connectivity index (χ0) is 39.5. The topological polar surface area (TPSA) is 8.17 Å². The third-order valence-corrected chi connectivity index (χ3v) is 12.4. The lowest BCUT2D eigenvalue weighted by Gasteiger charge is -2.30. The van der Waals surface area contributed by atoms with Gasteiger partial charge in [0.25, 0.3) is 0 Å². The molecule has 0 fully saturated rings. The summed E-state index contributed by atoms with van der Waals surface area (Å²) in [5, 5.41) is 2.44. The predicted molar refractivity (Wildman–Crippen MR) is 249 cm³/mol. The quantitative estimate of drug-likeness (QED) is 0.157. The Kier molecular flexibility index (Phi) is 8.20. The Bertz CT molecular complexity index is 3160. The summed E-state index contributed by atoms with van der Waals surface area (Å²) in [4.78, 5) is 2.49. The molecule has 0 bridgehead atoms. The maximum Gasteiger partial charge on any atom is 0.0782 e. The summed E-state index contributed by atoms with van der Waals surface area (Å²) in [7, 11) is 0. The molecular weight excluding hydrogens is 713 g/mol. The minimum Gasteiger partial charge on any atom is -0.308 e. The molecule has 59 heavy (non-hydrogen) atoms. The van der Waals surface area contributed by atoms with Crippen LogP contribution in [-0.4, -0.2) is 4.57 Å². The van der Waals surface area contributed by atoms with Gasteiger partial charge in [-0.3, -0.25) is 0 Å². The van der Waals surface area contributed by atoms with Gasteiger partial charge in [0.05, 0.1) is 22.4 Å². The van der Waals surface area contributed by atoms with Crippen LogP contribution in [0, 0.1) is 0 Å². The highest BCUT2D eigenvalue weighted by atomic mass is 15.2. The van der Waals surface area contributed by atoms with Crippen molar-refractivity contribution >= 4 is 38.9 Å². The van der Waals surface area contributed by atoms with Crippen molar-refractivity contribution in [2.75, 3.05) is 4.90 Å². The highest BCUT2D eigenvalue weighted by Gasteiger charge is 2.35. The molecule has 0 saturated heterocycles. The molecule has 0 saturated carbocycles. The largest absolute Gasteiger partial charge is 0.308 e. The van der Waals surface area contributed by atoms with Crippen molar-refractivity contribution in [1.29, 1.82) is 0 Å². The minimum atomic E-state index is -0.112. The average molecular weight is 755 g/mol. The van der Waals surface area contributed by atoms with Crippen LogP contribution in [0.2, 0.25) is 0 Å². The van der Waals surface area contributed by atoms with Crippen LogP contribution in [0.25, 0.3) is 72.0 Å². The lowest BCUT2D eigenvalue weighted by molar-refractivity contribution is 0.660. The number of para-hydroxylation sites is 3. The van der Waals surface area contributed by atoms with Gasteiger partial charge in [0.2, 0.25) is 0 Å². The summed E-state index contributed by atoms with van der Waals surface area (Å²) in [5.41, 5.74) is 19.2. The summed E-state index contributed by atoms with van der Waals surface area (Å²) < 4.78 is 2.44. The summed E-state index contributed by atoms with van der Waals surface area (Å²) in [6.07, 6.45) is 0. The van der Waals surface area contributed by atoms with Gasteiger partial charge in [0.1, 0.15) is 0 Å². The molecule has 1 aliphatic carbocycles. The number of nitrogens with zero attached hydrogens (tertiary/aromatic N) is 2. The van der Waals surface area contributed by atoms with Crippen molar-refractivity contribution in [2.24, 2.45) is 0 Å². The molecule has 1 heterocycles. The van der Waals surface area contributed by atoms with E-state index in [0.717, 1.165) is 28.3 Å². The van der Waals surface area contributed by atoms with Crippen molar-refractivity contribution < 1.29 is 0 Å². The van der Waals surface area contributed by atoms with E-state index in [1.807, 2.05) is 0 Å². The number of hydrogen-bond acceptors (Lipinski definition) is 1. The maximum atomic E-state index is 2.49. The van der Waals surface area contributed by atoms with Crippen LogP contribution in [0.1, 0.15) is 25.0 Å². The van der Waals surface area contributed by atoms with E-state index in [-0.39, 0.29) is 5.41 Å². The molecule has 2 nitrogen and oxygen atoms in total. The fraction of sp³-hybridized carbons (Fsp3) is 0.0526. The first-order valence-corrected chi connectivity index (χ1v) is 20.5. The third kappa shape index (κ3) is 5.63. The van der Waals surface area contributed by atoms with Gasteiger partial charge in [-0.2, -0.15) is 0 Å². The standard InChI is InChI=1S/C57H42N2/c1-57(2)50-28-14-12-24-46(50)47-37-34-42(38-51(47)57)45-26-16-30-53(55(45)41-20-8-4-9-21-41)58(44-35-32-40(33-36-44)39-18-6-3-7-19-39)54-31-17-27-49-48-25-13-15-29-52(48)59(56(49)54)43-22-10-5-11-23-43/h3-38H,1-2H3. The van der Waals surface area contributed by atoms with Gasteiger partial charge in [-0.1, -0.05) is 184 Å². The smallest absolute Gasteiger partial charge is 0.0782 e. The molecule has 2 heteroatoms. The zero-order valence-corrected chi connectivity index (χ0v) is 33.2. The van der Waals surface area contributed by atoms with Crippen LogP contribution in [0.4, 0.5) is 17.1 Å². The fourth-order valence-electron chi connectivity index (χ4n) is 9.61. The van der Waals surface area contributed by atoms with Crippen LogP contribution in [-0.2, 0) is 5.41 Å². The Hall–Kier alpha value is -7.42. The first kappa shape index (κ1) is 34.8. The van der Waals surface area contributed by atoms with Gasteiger partial charge in [0, 0.05) is 33.1 Å². The first-order valence-electron chi connectivity index (χ1n) is 20.5. The van der Waals surface area contributed by atoms with Crippen LogP contribution in [0.3, 0.4) is 0 Å². The molecule has 1 aliphatic rings.